The lowest BCUT2D eigenvalue weighted by molar-refractivity contribution is -0.140. The molecule has 0 atom stereocenters. The summed E-state index contributed by atoms with van der Waals surface area (Å²) in [4.78, 5) is 61.5. The molecule has 2 heterocycles. The average molecular weight is 389 g/mol. The molecule has 1 aromatic heterocycles. The Morgan fingerprint density at radius 2 is 1.71 bits per heavy atom. The SMILES string of the molecule is C=C1CC=C(CCOC(=O)/C=C/C(=O)OCCc2c[nH]c(=O)[nH]c2=O)C(=O)N1. The third kappa shape index (κ3) is 6.56. The standard InChI is InChI=1S/C18H19N3O7/c1-11-2-3-12(16(24)20-11)6-8-27-14(22)4-5-15(23)28-9-7-13-10-19-18(26)21-17(13)25/h3-5,10H,1-2,6-9H2,(H,20,24)(H2,19,21,25,26)/b5-4+. The van der Waals surface area contributed by atoms with Gasteiger partial charge in [-0.15, -0.1) is 0 Å². The Kier molecular flexibility index (Phi) is 7.26. The molecule has 1 aliphatic heterocycles. The lowest BCUT2D eigenvalue weighted by Crippen LogP contribution is -2.27. The number of ether oxygens (including phenoxy) is 2. The summed E-state index contributed by atoms with van der Waals surface area (Å²) in [6.07, 6.45) is 5.64. The first-order chi connectivity index (χ1) is 13.3. The molecule has 10 heteroatoms. The Morgan fingerprint density at radius 3 is 2.32 bits per heavy atom. The minimum absolute atomic E-state index is 0.0149. The van der Waals surface area contributed by atoms with Gasteiger partial charge in [0.1, 0.15) is 0 Å². The van der Waals surface area contributed by atoms with Crippen molar-refractivity contribution in [3.05, 3.63) is 68.7 Å². The number of allylic oxidation sites excluding steroid dienone is 1. The number of H-pyrrole nitrogens is 2. The summed E-state index contributed by atoms with van der Waals surface area (Å²) in [6, 6.07) is 0. The molecule has 0 spiro atoms. The predicted octanol–water partition coefficient (Wildman–Crippen LogP) is -0.402. The van der Waals surface area contributed by atoms with Gasteiger partial charge < -0.3 is 19.8 Å². The Balaban J connectivity index is 1.68. The van der Waals surface area contributed by atoms with E-state index in [0.717, 1.165) is 12.2 Å². The normalized spacial score (nSPS) is 13.8. The van der Waals surface area contributed by atoms with Crippen LogP contribution in [0.3, 0.4) is 0 Å². The van der Waals surface area contributed by atoms with E-state index in [-0.39, 0.29) is 37.5 Å². The molecule has 148 valence electrons. The van der Waals surface area contributed by atoms with Gasteiger partial charge in [0.2, 0.25) is 0 Å². The van der Waals surface area contributed by atoms with Gasteiger partial charge in [0.25, 0.3) is 11.5 Å². The predicted molar refractivity (Wildman–Crippen MR) is 97.0 cm³/mol. The van der Waals surface area contributed by atoms with E-state index in [2.05, 4.69) is 16.9 Å². The summed E-state index contributed by atoms with van der Waals surface area (Å²) >= 11 is 0. The molecule has 10 nitrogen and oxygen atoms in total. The Hall–Kier alpha value is -3.69. The van der Waals surface area contributed by atoms with Crippen LogP contribution < -0.4 is 16.6 Å². The van der Waals surface area contributed by atoms with Crippen LogP contribution in [0.4, 0.5) is 0 Å². The lowest BCUT2D eigenvalue weighted by atomic mass is 10.1. The Labute approximate surface area is 158 Å². The van der Waals surface area contributed by atoms with Crippen molar-refractivity contribution in [1.29, 1.82) is 0 Å². The molecule has 0 fully saturated rings. The topological polar surface area (TPSA) is 147 Å². The van der Waals surface area contributed by atoms with E-state index in [4.69, 9.17) is 9.47 Å². The molecule has 0 aromatic carbocycles. The second-order valence-electron chi connectivity index (χ2n) is 5.76. The van der Waals surface area contributed by atoms with Crippen LogP contribution in [0.1, 0.15) is 18.4 Å². The van der Waals surface area contributed by atoms with E-state index < -0.39 is 23.2 Å². The average Bonchev–Trinajstić information content (AvgIpc) is 2.63. The maximum Gasteiger partial charge on any atom is 0.331 e. The largest absolute Gasteiger partial charge is 0.462 e. The lowest BCUT2D eigenvalue weighted by Gasteiger charge is -2.15. The van der Waals surface area contributed by atoms with Crippen molar-refractivity contribution in [1.82, 2.24) is 15.3 Å². The highest BCUT2D eigenvalue weighted by molar-refractivity contribution is 5.95. The molecule has 1 amide bonds. The fourth-order valence-corrected chi connectivity index (χ4v) is 2.23. The Morgan fingerprint density at radius 1 is 1.07 bits per heavy atom. The smallest absolute Gasteiger partial charge is 0.331 e. The van der Waals surface area contributed by atoms with Crippen LogP contribution >= 0.6 is 0 Å². The minimum Gasteiger partial charge on any atom is -0.462 e. The van der Waals surface area contributed by atoms with Crippen molar-refractivity contribution in [2.75, 3.05) is 13.2 Å². The highest BCUT2D eigenvalue weighted by Gasteiger charge is 2.15. The van der Waals surface area contributed by atoms with Crippen molar-refractivity contribution < 1.29 is 23.9 Å². The van der Waals surface area contributed by atoms with Crippen molar-refractivity contribution in [2.24, 2.45) is 0 Å². The number of nitrogens with one attached hydrogen (secondary N) is 3. The van der Waals surface area contributed by atoms with Gasteiger partial charge >= 0.3 is 17.6 Å². The van der Waals surface area contributed by atoms with Crippen molar-refractivity contribution >= 4 is 17.8 Å². The van der Waals surface area contributed by atoms with Crippen LogP contribution in [-0.4, -0.2) is 41.0 Å². The number of amides is 1. The van der Waals surface area contributed by atoms with Gasteiger partial charge in [-0.1, -0.05) is 12.7 Å². The van der Waals surface area contributed by atoms with Gasteiger partial charge in [-0.05, 0) is 0 Å². The monoisotopic (exact) mass is 389 g/mol. The van der Waals surface area contributed by atoms with Gasteiger partial charge in [0.15, 0.2) is 0 Å². The first kappa shape index (κ1) is 20.6. The van der Waals surface area contributed by atoms with E-state index in [9.17, 15) is 24.0 Å². The zero-order valence-electron chi connectivity index (χ0n) is 14.9. The summed E-state index contributed by atoms with van der Waals surface area (Å²) in [5.41, 5.74) is 0.168. The molecule has 28 heavy (non-hydrogen) atoms. The second-order valence-corrected chi connectivity index (χ2v) is 5.76. The van der Waals surface area contributed by atoms with Gasteiger partial charge in [-0.2, -0.15) is 0 Å². The van der Waals surface area contributed by atoms with Crippen LogP contribution in [-0.2, 0) is 30.3 Å². The number of hydrogen-bond donors (Lipinski definition) is 3. The minimum atomic E-state index is -0.786. The fraction of sp³-hybridized carbons (Fsp3) is 0.278. The van der Waals surface area contributed by atoms with E-state index in [0.29, 0.717) is 17.7 Å². The fourth-order valence-electron chi connectivity index (χ4n) is 2.23. The third-order valence-electron chi connectivity index (χ3n) is 3.66. The van der Waals surface area contributed by atoms with E-state index >= 15 is 0 Å². The van der Waals surface area contributed by atoms with Gasteiger partial charge in [-0.25, -0.2) is 14.4 Å². The highest BCUT2D eigenvalue weighted by atomic mass is 16.5. The molecule has 0 radical (unpaired) electrons. The summed E-state index contributed by atoms with van der Waals surface area (Å²) in [5.74, 6) is -1.81. The van der Waals surface area contributed by atoms with Crippen LogP contribution in [0.15, 0.2) is 51.9 Å². The maximum absolute atomic E-state index is 11.6. The third-order valence-corrected chi connectivity index (χ3v) is 3.66. The van der Waals surface area contributed by atoms with Crippen LogP contribution in [0, 0.1) is 0 Å². The second kappa shape index (κ2) is 9.86. The van der Waals surface area contributed by atoms with E-state index in [1.165, 1.54) is 6.20 Å². The number of carbonyl (C=O) groups is 3. The molecule has 1 aromatic rings. The molecule has 0 saturated heterocycles. The molecule has 0 aliphatic carbocycles. The molecule has 0 saturated carbocycles. The van der Waals surface area contributed by atoms with Gasteiger partial charge in [0.05, 0.1) is 13.2 Å². The van der Waals surface area contributed by atoms with Crippen molar-refractivity contribution in [3.8, 4) is 0 Å². The number of hydrogen-bond acceptors (Lipinski definition) is 7. The number of esters is 2. The Bertz CT molecular complexity index is 952. The summed E-state index contributed by atoms with van der Waals surface area (Å²) < 4.78 is 9.77. The molecule has 2 rings (SSSR count). The highest BCUT2D eigenvalue weighted by Crippen LogP contribution is 2.12. The van der Waals surface area contributed by atoms with Gasteiger partial charge in [0, 0.05) is 54.4 Å². The quantitative estimate of drug-likeness (QED) is 0.405. The van der Waals surface area contributed by atoms with Gasteiger partial charge in [-0.3, -0.25) is 14.6 Å². The summed E-state index contributed by atoms with van der Waals surface area (Å²) in [5, 5.41) is 2.59. The molecule has 0 bridgehead atoms. The maximum atomic E-state index is 11.6. The van der Waals surface area contributed by atoms with E-state index in [1.807, 2.05) is 4.98 Å². The molecule has 0 unspecified atom stereocenters. The summed E-state index contributed by atoms with van der Waals surface area (Å²) in [6.45, 7) is 3.52. The number of rotatable bonds is 8. The van der Waals surface area contributed by atoms with Crippen molar-refractivity contribution in [3.63, 3.8) is 0 Å². The number of carbonyl (C=O) groups excluding carboxylic acids is 3. The van der Waals surface area contributed by atoms with Crippen molar-refractivity contribution in [2.45, 2.75) is 19.3 Å². The first-order valence-electron chi connectivity index (χ1n) is 8.36. The van der Waals surface area contributed by atoms with Crippen LogP contribution in [0.25, 0.3) is 0 Å². The molecule has 1 aliphatic rings. The van der Waals surface area contributed by atoms with E-state index in [1.54, 1.807) is 6.08 Å². The van der Waals surface area contributed by atoms with Crippen LogP contribution in [0.2, 0.25) is 0 Å². The van der Waals surface area contributed by atoms with Crippen LogP contribution in [0.5, 0.6) is 0 Å². The molecule has 3 N–H and O–H groups in total. The number of aromatic nitrogens is 2. The first-order valence-corrected chi connectivity index (χ1v) is 8.36. The zero-order valence-corrected chi connectivity index (χ0v) is 14.9. The molecular formula is C18H19N3O7. The zero-order chi connectivity index (χ0) is 20.5. The number of aromatic amines is 2. The molecular weight excluding hydrogens is 370 g/mol. The summed E-state index contributed by atoms with van der Waals surface area (Å²) in [7, 11) is 0.